The van der Waals surface area contributed by atoms with Crippen molar-refractivity contribution in [1.29, 1.82) is 0 Å². The third-order valence-corrected chi connectivity index (χ3v) is 3.82. The smallest absolute Gasteiger partial charge is 0.318 e. The fraction of sp³-hybridized carbons (Fsp3) is 0.429. The summed E-state index contributed by atoms with van der Waals surface area (Å²) in [6, 6.07) is 4.97. The Balaban J connectivity index is 1.90. The maximum absolute atomic E-state index is 12.1. The van der Waals surface area contributed by atoms with Gasteiger partial charge in [-0.1, -0.05) is 29.3 Å². The van der Waals surface area contributed by atoms with Gasteiger partial charge in [0.1, 0.15) is 6.54 Å². The highest BCUT2D eigenvalue weighted by molar-refractivity contribution is 6.35. The normalized spacial score (nSPS) is 16.3. The van der Waals surface area contributed by atoms with Crippen LogP contribution in [0.2, 0.25) is 10.0 Å². The molecule has 0 aliphatic carbocycles. The topological polar surface area (TPSA) is 61.4 Å². The van der Waals surface area contributed by atoms with Crippen LogP contribution < -0.4 is 10.6 Å². The van der Waals surface area contributed by atoms with Gasteiger partial charge in [-0.2, -0.15) is 0 Å². The SMILES string of the molecule is CC(Cc1ccc(Cl)cc1Cl)NC(=O)N1CCNC(=O)C1. The van der Waals surface area contributed by atoms with Crippen LogP contribution in [0.4, 0.5) is 4.79 Å². The summed E-state index contributed by atoms with van der Waals surface area (Å²) in [6.07, 6.45) is 0.599. The molecule has 0 bridgehead atoms. The molecule has 1 fully saturated rings. The molecule has 3 amide bonds. The van der Waals surface area contributed by atoms with Gasteiger partial charge in [-0.15, -0.1) is 0 Å². The predicted octanol–water partition coefficient (Wildman–Crippen LogP) is 2.07. The molecule has 1 aliphatic rings. The van der Waals surface area contributed by atoms with Crippen molar-refractivity contribution in [3.8, 4) is 0 Å². The molecule has 1 saturated heterocycles. The Hall–Kier alpha value is -1.46. The highest BCUT2D eigenvalue weighted by Crippen LogP contribution is 2.22. The van der Waals surface area contributed by atoms with Crippen molar-refractivity contribution < 1.29 is 9.59 Å². The highest BCUT2D eigenvalue weighted by atomic mass is 35.5. The van der Waals surface area contributed by atoms with Gasteiger partial charge in [0.05, 0.1) is 0 Å². The summed E-state index contributed by atoms with van der Waals surface area (Å²) >= 11 is 12.0. The number of benzene rings is 1. The van der Waals surface area contributed by atoms with Crippen LogP contribution in [0.25, 0.3) is 0 Å². The number of carbonyl (C=O) groups excluding carboxylic acids is 2. The molecule has 114 valence electrons. The second-order valence-corrected chi connectivity index (χ2v) is 5.91. The quantitative estimate of drug-likeness (QED) is 0.891. The lowest BCUT2D eigenvalue weighted by molar-refractivity contribution is -0.123. The van der Waals surface area contributed by atoms with Crippen molar-refractivity contribution in [2.45, 2.75) is 19.4 Å². The predicted molar refractivity (Wildman–Crippen MR) is 82.7 cm³/mol. The van der Waals surface area contributed by atoms with Crippen molar-refractivity contribution in [1.82, 2.24) is 15.5 Å². The number of rotatable bonds is 3. The lowest BCUT2D eigenvalue weighted by Crippen LogP contribution is -2.54. The molecule has 21 heavy (non-hydrogen) atoms. The highest BCUT2D eigenvalue weighted by Gasteiger charge is 2.22. The lowest BCUT2D eigenvalue weighted by atomic mass is 10.1. The van der Waals surface area contributed by atoms with E-state index in [0.717, 1.165) is 5.56 Å². The summed E-state index contributed by atoms with van der Waals surface area (Å²) in [5, 5.41) is 6.73. The van der Waals surface area contributed by atoms with E-state index >= 15 is 0 Å². The number of urea groups is 1. The van der Waals surface area contributed by atoms with Gasteiger partial charge in [-0.05, 0) is 31.0 Å². The Morgan fingerprint density at radius 2 is 2.24 bits per heavy atom. The Bertz CT molecular complexity index is 551. The standard InChI is InChI=1S/C14H17Cl2N3O2/c1-9(6-10-2-3-11(15)7-12(10)16)18-14(21)19-5-4-17-13(20)8-19/h2-3,7,9H,4-6,8H2,1H3,(H,17,20)(H,18,21). The van der Waals surface area contributed by atoms with Crippen LogP contribution in [-0.2, 0) is 11.2 Å². The molecule has 1 heterocycles. The number of nitrogens with zero attached hydrogens (tertiary/aromatic N) is 1. The molecule has 1 aliphatic heterocycles. The molecule has 1 aromatic carbocycles. The van der Waals surface area contributed by atoms with Crippen molar-refractivity contribution in [3.05, 3.63) is 33.8 Å². The molecule has 1 aromatic rings. The molecule has 2 rings (SSSR count). The van der Waals surface area contributed by atoms with E-state index in [1.54, 1.807) is 12.1 Å². The largest absolute Gasteiger partial charge is 0.353 e. The minimum Gasteiger partial charge on any atom is -0.353 e. The molecule has 7 heteroatoms. The molecule has 1 unspecified atom stereocenters. The third-order valence-electron chi connectivity index (χ3n) is 3.24. The van der Waals surface area contributed by atoms with Crippen LogP contribution in [0, 0.1) is 0 Å². The summed E-state index contributed by atoms with van der Waals surface area (Å²) in [6.45, 7) is 3.00. The van der Waals surface area contributed by atoms with Crippen LogP contribution in [0.3, 0.4) is 0 Å². The molecular formula is C14H17Cl2N3O2. The van der Waals surface area contributed by atoms with E-state index in [1.807, 2.05) is 13.0 Å². The second kappa shape index (κ2) is 7.00. The van der Waals surface area contributed by atoms with Crippen LogP contribution in [0.15, 0.2) is 18.2 Å². The van der Waals surface area contributed by atoms with Crippen LogP contribution in [-0.4, -0.2) is 42.5 Å². The maximum atomic E-state index is 12.1. The summed E-state index contributed by atoms with van der Waals surface area (Å²) < 4.78 is 0. The fourth-order valence-corrected chi connectivity index (χ4v) is 2.67. The molecule has 5 nitrogen and oxygen atoms in total. The lowest BCUT2D eigenvalue weighted by Gasteiger charge is -2.28. The number of carbonyl (C=O) groups is 2. The molecule has 0 saturated carbocycles. The van der Waals surface area contributed by atoms with E-state index in [-0.39, 0.29) is 24.5 Å². The minimum atomic E-state index is -0.234. The zero-order valence-corrected chi connectivity index (χ0v) is 13.2. The van der Waals surface area contributed by atoms with Gasteiger partial charge < -0.3 is 15.5 Å². The van der Waals surface area contributed by atoms with Gasteiger partial charge in [-0.25, -0.2) is 4.79 Å². The number of nitrogens with one attached hydrogen (secondary N) is 2. The first-order valence-electron chi connectivity index (χ1n) is 6.72. The van der Waals surface area contributed by atoms with E-state index in [2.05, 4.69) is 10.6 Å². The van der Waals surface area contributed by atoms with Gasteiger partial charge >= 0.3 is 6.03 Å². The van der Waals surface area contributed by atoms with Crippen molar-refractivity contribution in [2.75, 3.05) is 19.6 Å². The summed E-state index contributed by atoms with van der Waals surface area (Å²) in [7, 11) is 0. The Morgan fingerprint density at radius 3 is 2.90 bits per heavy atom. The first-order valence-corrected chi connectivity index (χ1v) is 7.47. The Kier molecular flexibility index (Phi) is 5.31. The Morgan fingerprint density at radius 1 is 1.48 bits per heavy atom. The number of hydrogen-bond donors (Lipinski definition) is 2. The second-order valence-electron chi connectivity index (χ2n) is 5.06. The van der Waals surface area contributed by atoms with Crippen LogP contribution >= 0.6 is 23.2 Å². The van der Waals surface area contributed by atoms with Gasteiger partial charge in [0.25, 0.3) is 0 Å². The van der Waals surface area contributed by atoms with Crippen molar-refractivity contribution in [2.24, 2.45) is 0 Å². The number of halogens is 2. The van der Waals surface area contributed by atoms with Gasteiger partial charge in [-0.3, -0.25) is 4.79 Å². The van der Waals surface area contributed by atoms with Gasteiger partial charge in [0.15, 0.2) is 0 Å². The third kappa shape index (κ3) is 4.51. The van der Waals surface area contributed by atoms with Crippen LogP contribution in [0.5, 0.6) is 0 Å². The van der Waals surface area contributed by atoms with E-state index in [4.69, 9.17) is 23.2 Å². The zero-order chi connectivity index (χ0) is 15.4. The minimum absolute atomic E-state index is 0.0961. The van der Waals surface area contributed by atoms with E-state index in [0.29, 0.717) is 29.6 Å². The van der Waals surface area contributed by atoms with Gasteiger partial charge in [0, 0.05) is 29.2 Å². The number of hydrogen-bond acceptors (Lipinski definition) is 2. The summed E-state index contributed by atoms with van der Waals surface area (Å²) in [5.41, 5.74) is 0.922. The average molecular weight is 330 g/mol. The van der Waals surface area contributed by atoms with E-state index < -0.39 is 0 Å². The number of piperazine rings is 1. The summed E-state index contributed by atoms with van der Waals surface area (Å²) in [4.78, 5) is 24.8. The van der Waals surface area contributed by atoms with Crippen molar-refractivity contribution in [3.63, 3.8) is 0 Å². The van der Waals surface area contributed by atoms with E-state index in [1.165, 1.54) is 4.90 Å². The van der Waals surface area contributed by atoms with Crippen LogP contribution in [0.1, 0.15) is 12.5 Å². The average Bonchev–Trinajstić information content (AvgIpc) is 2.42. The molecule has 0 aromatic heterocycles. The first-order chi connectivity index (χ1) is 9.95. The first kappa shape index (κ1) is 15.9. The summed E-state index contributed by atoms with van der Waals surface area (Å²) in [5.74, 6) is -0.134. The molecule has 0 spiro atoms. The van der Waals surface area contributed by atoms with Gasteiger partial charge in [0.2, 0.25) is 5.91 Å². The van der Waals surface area contributed by atoms with E-state index in [9.17, 15) is 9.59 Å². The maximum Gasteiger partial charge on any atom is 0.318 e. The molecule has 2 N–H and O–H groups in total. The molecule has 1 atom stereocenters. The monoisotopic (exact) mass is 329 g/mol. The Labute approximate surface area is 133 Å². The number of amides is 3. The fourth-order valence-electron chi connectivity index (χ4n) is 2.18. The molecule has 0 radical (unpaired) electrons. The zero-order valence-electron chi connectivity index (χ0n) is 11.7. The van der Waals surface area contributed by atoms with Crippen molar-refractivity contribution >= 4 is 35.1 Å². The molecular weight excluding hydrogens is 313 g/mol.